The van der Waals surface area contributed by atoms with Gasteiger partial charge in [0, 0.05) is 6.42 Å². The zero-order chi connectivity index (χ0) is 12.1. The molecule has 86 valence electrons. The average Bonchev–Trinajstić information content (AvgIpc) is 2.25. The van der Waals surface area contributed by atoms with E-state index in [2.05, 4.69) is 0 Å². The average molecular weight is 222 g/mol. The standard InChI is InChI=1S/C11H14N2O3/c1-16-8-4-2-7(3-5-8)9(11(13)15)6-10(12)14/h2-5,9H,6H2,1H3,(H2,12,14)(H2,13,15). The molecule has 2 amide bonds. The Morgan fingerprint density at radius 1 is 1.25 bits per heavy atom. The zero-order valence-electron chi connectivity index (χ0n) is 8.97. The second kappa shape index (κ2) is 5.16. The molecule has 0 bridgehead atoms. The quantitative estimate of drug-likeness (QED) is 0.741. The van der Waals surface area contributed by atoms with Gasteiger partial charge >= 0.3 is 0 Å². The van der Waals surface area contributed by atoms with Crippen LogP contribution in [0.5, 0.6) is 5.75 Å². The van der Waals surface area contributed by atoms with Crippen molar-refractivity contribution in [2.45, 2.75) is 12.3 Å². The van der Waals surface area contributed by atoms with Gasteiger partial charge in [0.05, 0.1) is 13.0 Å². The number of hydrogen-bond acceptors (Lipinski definition) is 3. The van der Waals surface area contributed by atoms with Crippen molar-refractivity contribution in [3.63, 3.8) is 0 Å². The minimum Gasteiger partial charge on any atom is -0.497 e. The molecule has 0 aliphatic heterocycles. The lowest BCUT2D eigenvalue weighted by Crippen LogP contribution is -2.26. The lowest BCUT2D eigenvalue weighted by Gasteiger charge is -2.12. The molecule has 0 saturated heterocycles. The third kappa shape index (κ3) is 2.98. The fraction of sp³-hybridized carbons (Fsp3) is 0.273. The number of amides is 2. The van der Waals surface area contributed by atoms with Crippen molar-refractivity contribution < 1.29 is 14.3 Å². The molecule has 16 heavy (non-hydrogen) atoms. The van der Waals surface area contributed by atoms with Crippen molar-refractivity contribution in [1.82, 2.24) is 0 Å². The summed E-state index contributed by atoms with van der Waals surface area (Å²) in [4.78, 5) is 22.0. The van der Waals surface area contributed by atoms with Crippen molar-refractivity contribution in [3.8, 4) is 5.75 Å². The summed E-state index contributed by atoms with van der Waals surface area (Å²) in [7, 11) is 1.55. The van der Waals surface area contributed by atoms with Crippen LogP contribution in [0.1, 0.15) is 17.9 Å². The van der Waals surface area contributed by atoms with Gasteiger partial charge in [-0.2, -0.15) is 0 Å². The van der Waals surface area contributed by atoms with E-state index < -0.39 is 17.7 Å². The minimum absolute atomic E-state index is 0.0817. The van der Waals surface area contributed by atoms with E-state index >= 15 is 0 Å². The molecule has 1 aromatic carbocycles. The van der Waals surface area contributed by atoms with Crippen molar-refractivity contribution in [2.24, 2.45) is 11.5 Å². The minimum atomic E-state index is -0.677. The first-order chi connectivity index (χ1) is 7.54. The van der Waals surface area contributed by atoms with E-state index in [0.717, 1.165) is 0 Å². The van der Waals surface area contributed by atoms with Gasteiger partial charge in [0.2, 0.25) is 11.8 Å². The topological polar surface area (TPSA) is 95.4 Å². The molecular formula is C11H14N2O3. The summed E-state index contributed by atoms with van der Waals surface area (Å²) < 4.78 is 4.98. The van der Waals surface area contributed by atoms with Crippen molar-refractivity contribution in [1.29, 1.82) is 0 Å². The lowest BCUT2D eigenvalue weighted by molar-refractivity contribution is -0.124. The molecule has 0 aromatic heterocycles. The number of rotatable bonds is 5. The fourth-order valence-corrected chi connectivity index (χ4v) is 1.42. The third-order valence-corrected chi connectivity index (χ3v) is 2.27. The van der Waals surface area contributed by atoms with E-state index in [-0.39, 0.29) is 6.42 Å². The maximum absolute atomic E-state index is 11.2. The van der Waals surface area contributed by atoms with Crippen molar-refractivity contribution in [3.05, 3.63) is 29.8 Å². The molecule has 1 aromatic rings. The van der Waals surface area contributed by atoms with Crippen molar-refractivity contribution in [2.75, 3.05) is 7.11 Å². The first-order valence-corrected chi connectivity index (χ1v) is 4.76. The maximum atomic E-state index is 11.2. The molecule has 0 fully saturated rings. The highest BCUT2D eigenvalue weighted by atomic mass is 16.5. The number of methoxy groups -OCH3 is 1. The molecule has 0 aliphatic carbocycles. The van der Waals surface area contributed by atoms with Gasteiger partial charge in [-0.1, -0.05) is 12.1 Å². The van der Waals surface area contributed by atoms with Crippen LogP contribution in [0.4, 0.5) is 0 Å². The number of ether oxygens (including phenoxy) is 1. The summed E-state index contributed by atoms with van der Waals surface area (Å²) in [6, 6.07) is 6.78. The number of primary amides is 2. The Morgan fingerprint density at radius 3 is 2.19 bits per heavy atom. The SMILES string of the molecule is COc1ccc(C(CC(N)=O)C(N)=O)cc1. The number of benzene rings is 1. The van der Waals surface area contributed by atoms with E-state index in [0.29, 0.717) is 11.3 Å². The first kappa shape index (κ1) is 12.0. The largest absolute Gasteiger partial charge is 0.497 e. The number of nitrogens with two attached hydrogens (primary N) is 2. The maximum Gasteiger partial charge on any atom is 0.225 e. The van der Waals surface area contributed by atoms with Gasteiger partial charge in [-0.15, -0.1) is 0 Å². The second-order valence-electron chi connectivity index (χ2n) is 3.40. The normalized spacial score (nSPS) is 11.8. The van der Waals surface area contributed by atoms with Gasteiger partial charge in [-0.05, 0) is 17.7 Å². The second-order valence-corrected chi connectivity index (χ2v) is 3.40. The van der Waals surface area contributed by atoms with Crippen molar-refractivity contribution >= 4 is 11.8 Å². The molecule has 0 saturated carbocycles. The zero-order valence-corrected chi connectivity index (χ0v) is 8.97. The molecule has 0 radical (unpaired) electrons. The monoisotopic (exact) mass is 222 g/mol. The highest BCUT2D eigenvalue weighted by molar-refractivity contribution is 5.88. The number of carbonyl (C=O) groups is 2. The van der Waals surface area contributed by atoms with Crippen LogP contribution >= 0.6 is 0 Å². The first-order valence-electron chi connectivity index (χ1n) is 4.76. The van der Waals surface area contributed by atoms with Crippen LogP contribution in [0, 0.1) is 0 Å². The molecule has 1 atom stereocenters. The highest BCUT2D eigenvalue weighted by Crippen LogP contribution is 2.21. The molecule has 5 heteroatoms. The predicted molar refractivity (Wildman–Crippen MR) is 58.7 cm³/mol. The summed E-state index contributed by atoms with van der Waals surface area (Å²) in [6.45, 7) is 0. The Hall–Kier alpha value is -2.04. The van der Waals surface area contributed by atoms with Gasteiger partial charge in [-0.3, -0.25) is 9.59 Å². The smallest absolute Gasteiger partial charge is 0.225 e. The van der Waals surface area contributed by atoms with Gasteiger partial charge in [0.1, 0.15) is 5.75 Å². The van der Waals surface area contributed by atoms with Crippen LogP contribution in [0.25, 0.3) is 0 Å². The van der Waals surface area contributed by atoms with Gasteiger partial charge in [0.15, 0.2) is 0 Å². The Kier molecular flexibility index (Phi) is 3.88. The molecule has 1 rings (SSSR count). The molecule has 0 spiro atoms. The van der Waals surface area contributed by atoms with E-state index in [1.54, 1.807) is 31.4 Å². The third-order valence-electron chi connectivity index (χ3n) is 2.27. The number of hydrogen-bond donors (Lipinski definition) is 2. The molecular weight excluding hydrogens is 208 g/mol. The van der Waals surface area contributed by atoms with Crippen LogP contribution in [-0.2, 0) is 9.59 Å². The summed E-state index contributed by atoms with van der Waals surface area (Å²) >= 11 is 0. The number of carbonyl (C=O) groups excluding carboxylic acids is 2. The summed E-state index contributed by atoms with van der Waals surface area (Å²) in [5, 5.41) is 0. The Morgan fingerprint density at radius 2 is 1.81 bits per heavy atom. The van der Waals surface area contributed by atoms with Crippen LogP contribution in [-0.4, -0.2) is 18.9 Å². The highest BCUT2D eigenvalue weighted by Gasteiger charge is 2.20. The molecule has 0 aliphatic rings. The van der Waals surface area contributed by atoms with Gasteiger partial charge in [0.25, 0.3) is 0 Å². The molecule has 5 nitrogen and oxygen atoms in total. The molecule has 4 N–H and O–H groups in total. The predicted octanol–water partition coefficient (Wildman–Crippen LogP) is 0.139. The van der Waals surface area contributed by atoms with E-state index in [1.807, 2.05) is 0 Å². The van der Waals surface area contributed by atoms with Gasteiger partial charge in [-0.25, -0.2) is 0 Å². The molecule has 0 heterocycles. The molecule has 1 unspecified atom stereocenters. The Bertz CT molecular complexity index is 387. The van der Waals surface area contributed by atoms with E-state index in [1.165, 1.54) is 0 Å². The van der Waals surface area contributed by atoms with Crippen LogP contribution in [0.15, 0.2) is 24.3 Å². The van der Waals surface area contributed by atoms with Crippen LogP contribution < -0.4 is 16.2 Å². The summed E-state index contributed by atoms with van der Waals surface area (Å²) in [5.41, 5.74) is 10.9. The Labute approximate surface area is 93.4 Å². The van der Waals surface area contributed by atoms with E-state index in [9.17, 15) is 9.59 Å². The van der Waals surface area contributed by atoms with Crippen LogP contribution in [0.2, 0.25) is 0 Å². The fourth-order valence-electron chi connectivity index (χ4n) is 1.42. The van der Waals surface area contributed by atoms with Gasteiger partial charge < -0.3 is 16.2 Å². The van der Waals surface area contributed by atoms with Crippen LogP contribution in [0.3, 0.4) is 0 Å². The summed E-state index contributed by atoms with van der Waals surface area (Å²) in [5.74, 6) is -1.13. The van der Waals surface area contributed by atoms with E-state index in [4.69, 9.17) is 16.2 Å². The lowest BCUT2D eigenvalue weighted by atomic mass is 9.95. The summed E-state index contributed by atoms with van der Waals surface area (Å²) in [6.07, 6.45) is -0.0817. The Balaban J connectivity index is 2.92.